The number of ether oxygens (including phenoxy) is 2. The lowest BCUT2D eigenvalue weighted by Gasteiger charge is -2.42. The summed E-state index contributed by atoms with van der Waals surface area (Å²) in [6.07, 6.45) is 8.83. The van der Waals surface area contributed by atoms with Crippen molar-refractivity contribution in [2.24, 2.45) is 5.92 Å². The molecule has 1 saturated heterocycles. The van der Waals surface area contributed by atoms with E-state index in [0.29, 0.717) is 34.6 Å². The Hall–Kier alpha value is -2.91. The van der Waals surface area contributed by atoms with Gasteiger partial charge in [0.2, 0.25) is 5.16 Å². The number of carbonyl (C=O) groups excluding carboxylic acids is 2. The molecule has 1 saturated carbocycles. The van der Waals surface area contributed by atoms with Crippen LogP contribution in [0.2, 0.25) is 5.02 Å². The summed E-state index contributed by atoms with van der Waals surface area (Å²) < 4.78 is 11.4. The number of rotatable bonds is 8. The van der Waals surface area contributed by atoms with Gasteiger partial charge < -0.3 is 9.47 Å². The van der Waals surface area contributed by atoms with Crippen LogP contribution in [0.1, 0.15) is 44.1 Å². The summed E-state index contributed by atoms with van der Waals surface area (Å²) in [6.45, 7) is 0. The van der Waals surface area contributed by atoms with Gasteiger partial charge >= 0.3 is 5.97 Å². The minimum Gasteiger partial charge on any atom is -0.495 e. The summed E-state index contributed by atoms with van der Waals surface area (Å²) in [6, 6.07) is 9.32. The summed E-state index contributed by atoms with van der Waals surface area (Å²) in [5.74, 6) is 0.669. The number of halogens is 1. The number of aromatic amines is 1. The molecule has 8 nitrogen and oxygen atoms in total. The van der Waals surface area contributed by atoms with Gasteiger partial charge in [-0.1, -0.05) is 42.3 Å². The molecule has 1 aromatic carbocycles. The number of H-pyrrole nitrogens is 1. The maximum absolute atomic E-state index is 13.4. The Morgan fingerprint density at radius 3 is 2.78 bits per heavy atom. The number of cyclic esters (lactones) is 1. The molecule has 0 bridgehead atoms. The fourth-order valence-corrected chi connectivity index (χ4v) is 6.30. The number of pyridine rings is 1. The van der Waals surface area contributed by atoms with Gasteiger partial charge in [0.1, 0.15) is 11.4 Å². The quantitative estimate of drug-likeness (QED) is 0.320. The van der Waals surface area contributed by atoms with E-state index in [1.807, 2.05) is 24.3 Å². The molecule has 0 amide bonds. The molecule has 2 aliphatic rings. The van der Waals surface area contributed by atoms with Crippen LogP contribution in [0.25, 0.3) is 11.4 Å². The summed E-state index contributed by atoms with van der Waals surface area (Å²) in [5, 5.41) is 6.91. The highest BCUT2D eigenvalue weighted by atomic mass is 35.5. The average Bonchev–Trinajstić information content (AvgIpc) is 3.59. The Morgan fingerprint density at radius 1 is 1.25 bits per heavy atom. The third kappa shape index (κ3) is 5.13. The van der Waals surface area contributed by atoms with E-state index in [-0.39, 0.29) is 18.1 Å². The first-order valence-electron chi connectivity index (χ1n) is 12.0. The fraction of sp³-hybridized carbons (Fsp3) is 0.423. The molecule has 2 unspecified atom stereocenters. The van der Waals surface area contributed by atoms with Crippen molar-refractivity contribution in [3.8, 4) is 17.1 Å². The summed E-state index contributed by atoms with van der Waals surface area (Å²) >= 11 is 7.34. The molecule has 36 heavy (non-hydrogen) atoms. The summed E-state index contributed by atoms with van der Waals surface area (Å²) in [7, 11) is 1.58. The molecular formula is C26H27ClN4O4S. The molecular weight excluding hydrogens is 500 g/mol. The van der Waals surface area contributed by atoms with Gasteiger partial charge in [0, 0.05) is 24.4 Å². The normalized spacial score (nSPS) is 22.6. The van der Waals surface area contributed by atoms with Gasteiger partial charge in [-0.25, -0.2) is 4.98 Å². The molecule has 5 rings (SSSR count). The fourth-order valence-electron chi connectivity index (χ4n) is 5.20. The lowest BCUT2D eigenvalue weighted by atomic mass is 9.76. The molecule has 0 radical (unpaired) electrons. The largest absolute Gasteiger partial charge is 0.495 e. The van der Waals surface area contributed by atoms with E-state index in [1.165, 1.54) is 0 Å². The lowest BCUT2D eigenvalue weighted by Crippen LogP contribution is -2.53. The number of hydrogen-bond donors (Lipinski definition) is 1. The number of nitrogens with zero attached hydrogens (tertiary/aromatic N) is 3. The van der Waals surface area contributed by atoms with Crippen molar-refractivity contribution in [2.75, 3.05) is 7.11 Å². The first-order chi connectivity index (χ1) is 17.5. The molecule has 3 heterocycles. The molecule has 2 aromatic heterocycles. The van der Waals surface area contributed by atoms with Crippen molar-refractivity contribution in [1.82, 2.24) is 20.2 Å². The van der Waals surface area contributed by atoms with E-state index < -0.39 is 16.8 Å². The smallest absolute Gasteiger partial charge is 0.327 e. The van der Waals surface area contributed by atoms with Crippen molar-refractivity contribution >= 4 is 35.1 Å². The number of Topliss-reactive ketones (excluding diaryl/α,β-unsaturated/α-hetero) is 1. The molecule has 1 aliphatic carbocycles. The van der Waals surface area contributed by atoms with Gasteiger partial charge in [-0.2, -0.15) is 0 Å². The van der Waals surface area contributed by atoms with Crippen molar-refractivity contribution < 1.29 is 19.1 Å². The number of aromatic nitrogens is 4. The number of methoxy groups -OCH3 is 1. The molecule has 1 aliphatic heterocycles. The maximum atomic E-state index is 13.4. The molecule has 2 atom stereocenters. The maximum Gasteiger partial charge on any atom is 0.327 e. The SMILES string of the molecule is COc1ccc(CCC2(C3CCCC3)CC(=O)C(Sc3n[nH]c(-c4cccnc4)n3)C(=O)O2)cc1Cl. The Balaban J connectivity index is 1.31. The minimum atomic E-state index is -0.979. The zero-order valence-electron chi connectivity index (χ0n) is 19.9. The average molecular weight is 527 g/mol. The third-order valence-electron chi connectivity index (χ3n) is 7.06. The number of aryl methyl sites for hydroxylation is 1. The van der Waals surface area contributed by atoms with Crippen LogP contribution in [-0.2, 0) is 20.7 Å². The van der Waals surface area contributed by atoms with Crippen LogP contribution in [0, 0.1) is 5.92 Å². The van der Waals surface area contributed by atoms with Crippen molar-refractivity contribution in [1.29, 1.82) is 0 Å². The number of hydrogen-bond acceptors (Lipinski definition) is 8. The lowest BCUT2D eigenvalue weighted by molar-refractivity contribution is -0.177. The van der Waals surface area contributed by atoms with Crippen LogP contribution in [0.4, 0.5) is 0 Å². The van der Waals surface area contributed by atoms with E-state index >= 15 is 0 Å². The number of nitrogens with one attached hydrogen (secondary N) is 1. The number of ketones is 1. The topological polar surface area (TPSA) is 107 Å². The predicted octanol–water partition coefficient (Wildman–Crippen LogP) is 5.07. The van der Waals surface area contributed by atoms with Crippen LogP contribution in [0.5, 0.6) is 5.75 Å². The molecule has 1 N–H and O–H groups in total. The third-order valence-corrected chi connectivity index (χ3v) is 8.44. The van der Waals surface area contributed by atoms with E-state index in [0.717, 1.165) is 48.6 Å². The molecule has 188 valence electrons. The molecule has 2 fully saturated rings. The highest BCUT2D eigenvalue weighted by molar-refractivity contribution is 8.01. The van der Waals surface area contributed by atoms with Crippen LogP contribution in [0.15, 0.2) is 47.9 Å². The first-order valence-corrected chi connectivity index (χ1v) is 13.3. The first kappa shape index (κ1) is 24.8. The Bertz CT molecular complexity index is 1230. The zero-order chi connectivity index (χ0) is 25.1. The van der Waals surface area contributed by atoms with Gasteiger partial charge in [0.15, 0.2) is 16.9 Å². The van der Waals surface area contributed by atoms with Gasteiger partial charge in [0.25, 0.3) is 0 Å². The van der Waals surface area contributed by atoms with Gasteiger partial charge in [0.05, 0.1) is 12.1 Å². The Labute approximate surface area is 218 Å². The van der Waals surface area contributed by atoms with Gasteiger partial charge in [-0.15, -0.1) is 5.10 Å². The van der Waals surface area contributed by atoms with E-state index in [1.54, 1.807) is 25.6 Å². The number of benzene rings is 1. The second kappa shape index (κ2) is 10.6. The summed E-state index contributed by atoms with van der Waals surface area (Å²) in [5.41, 5.74) is 0.990. The van der Waals surface area contributed by atoms with E-state index in [9.17, 15) is 9.59 Å². The van der Waals surface area contributed by atoms with Crippen LogP contribution in [0.3, 0.4) is 0 Å². The van der Waals surface area contributed by atoms with Crippen molar-refractivity contribution in [2.45, 2.75) is 61.0 Å². The second-order valence-electron chi connectivity index (χ2n) is 9.29. The molecule has 10 heteroatoms. The number of thioether (sulfide) groups is 1. The Kier molecular flexibility index (Phi) is 7.29. The van der Waals surface area contributed by atoms with Crippen LogP contribution in [-0.4, -0.2) is 49.9 Å². The van der Waals surface area contributed by atoms with Crippen LogP contribution < -0.4 is 4.74 Å². The highest BCUT2D eigenvalue weighted by Gasteiger charge is 2.52. The number of esters is 1. The molecule has 0 spiro atoms. The molecule has 3 aromatic rings. The standard InChI is InChI=1S/C26H27ClN4O4S/c1-34-21-9-8-16(13-19(21)27)10-11-26(18-6-2-3-7-18)14-20(32)22(24(33)35-26)36-25-29-23(30-31-25)17-5-4-12-28-15-17/h4-5,8-9,12-13,15,18,22H,2-3,6-7,10-11,14H2,1H3,(H,29,30,31). The van der Waals surface area contributed by atoms with Crippen molar-refractivity contribution in [3.05, 3.63) is 53.3 Å². The predicted molar refractivity (Wildman–Crippen MR) is 136 cm³/mol. The second-order valence-corrected chi connectivity index (χ2v) is 10.8. The Morgan fingerprint density at radius 2 is 2.08 bits per heavy atom. The number of carbonyl (C=O) groups is 2. The van der Waals surface area contributed by atoms with E-state index in [4.69, 9.17) is 21.1 Å². The van der Waals surface area contributed by atoms with Gasteiger partial charge in [-0.05, 0) is 61.4 Å². The van der Waals surface area contributed by atoms with Crippen molar-refractivity contribution in [3.63, 3.8) is 0 Å². The van der Waals surface area contributed by atoms with E-state index in [2.05, 4.69) is 20.2 Å². The monoisotopic (exact) mass is 526 g/mol. The highest BCUT2D eigenvalue weighted by Crippen LogP contribution is 2.46. The van der Waals surface area contributed by atoms with Crippen LogP contribution >= 0.6 is 23.4 Å². The summed E-state index contributed by atoms with van der Waals surface area (Å²) in [4.78, 5) is 35.1. The minimum absolute atomic E-state index is 0.136. The van der Waals surface area contributed by atoms with Gasteiger partial charge in [-0.3, -0.25) is 19.7 Å². The zero-order valence-corrected chi connectivity index (χ0v) is 21.5.